The molecule has 0 atom stereocenters. The number of nitrogens with zero attached hydrogens (tertiary/aromatic N) is 2. The number of thioether (sulfide) groups is 1. The zero-order valence-corrected chi connectivity index (χ0v) is 12.6. The van der Waals surface area contributed by atoms with Crippen LogP contribution >= 0.6 is 11.8 Å². The molecule has 0 aliphatic heterocycles. The monoisotopic (exact) mass is 289 g/mol. The number of rotatable bonds is 7. The average molecular weight is 289 g/mol. The average Bonchev–Trinajstić information content (AvgIpc) is 2.50. The molecule has 0 unspecified atom stereocenters. The van der Waals surface area contributed by atoms with Crippen LogP contribution in [0.2, 0.25) is 0 Å². The second-order valence-corrected chi connectivity index (χ2v) is 5.18. The second-order valence-electron chi connectivity index (χ2n) is 4.30. The molecule has 0 bridgehead atoms. The first kappa shape index (κ1) is 14.8. The molecule has 2 aromatic rings. The molecule has 0 saturated heterocycles. The van der Waals surface area contributed by atoms with Crippen LogP contribution in [0.5, 0.6) is 11.6 Å². The minimum absolute atomic E-state index is 0.515. The van der Waals surface area contributed by atoms with E-state index in [1.54, 1.807) is 24.2 Å². The maximum Gasteiger partial charge on any atom is 0.237 e. The Labute approximate surface area is 124 Å². The van der Waals surface area contributed by atoms with Crippen molar-refractivity contribution in [3.63, 3.8) is 0 Å². The molecule has 0 aliphatic carbocycles. The standard InChI is InChI=1S/C15H19N3OS/c1-3-8-16-9-12-10-18-15(11-17-12)19-13-4-6-14(20-2)7-5-13/h4-7,10-11,16H,3,8-9H2,1-2H3. The van der Waals surface area contributed by atoms with Crippen LogP contribution in [0, 0.1) is 0 Å². The van der Waals surface area contributed by atoms with Gasteiger partial charge in [-0.3, -0.25) is 4.98 Å². The lowest BCUT2D eigenvalue weighted by molar-refractivity contribution is 0.458. The number of hydrogen-bond donors (Lipinski definition) is 1. The van der Waals surface area contributed by atoms with E-state index in [1.807, 2.05) is 30.5 Å². The molecule has 1 aromatic carbocycles. The molecule has 0 spiro atoms. The van der Waals surface area contributed by atoms with E-state index >= 15 is 0 Å². The lowest BCUT2D eigenvalue weighted by Gasteiger charge is -2.06. The van der Waals surface area contributed by atoms with Crippen LogP contribution in [0.25, 0.3) is 0 Å². The summed E-state index contributed by atoms with van der Waals surface area (Å²) in [6, 6.07) is 7.92. The Balaban J connectivity index is 1.92. The van der Waals surface area contributed by atoms with Gasteiger partial charge >= 0.3 is 0 Å². The number of hydrogen-bond acceptors (Lipinski definition) is 5. The van der Waals surface area contributed by atoms with Crippen molar-refractivity contribution < 1.29 is 4.74 Å². The van der Waals surface area contributed by atoms with E-state index in [2.05, 4.69) is 22.2 Å². The van der Waals surface area contributed by atoms with Gasteiger partial charge in [0.1, 0.15) is 5.75 Å². The van der Waals surface area contributed by atoms with Crippen molar-refractivity contribution in [1.29, 1.82) is 0 Å². The summed E-state index contributed by atoms with van der Waals surface area (Å²) < 4.78 is 5.66. The SMILES string of the molecule is CCCNCc1cnc(Oc2ccc(SC)cc2)cn1. The molecular formula is C15H19N3OS. The molecule has 4 nitrogen and oxygen atoms in total. The molecule has 1 N–H and O–H groups in total. The summed E-state index contributed by atoms with van der Waals surface area (Å²) in [6.45, 7) is 3.86. The predicted octanol–water partition coefficient (Wildman–Crippen LogP) is 3.49. The largest absolute Gasteiger partial charge is 0.438 e. The predicted molar refractivity (Wildman–Crippen MR) is 82.3 cm³/mol. The molecule has 0 saturated carbocycles. The highest BCUT2D eigenvalue weighted by atomic mass is 32.2. The van der Waals surface area contributed by atoms with E-state index in [1.165, 1.54) is 4.90 Å². The summed E-state index contributed by atoms with van der Waals surface area (Å²) in [6.07, 6.45) is 6.56. The van der Waals surface area contributed by atoms with Crippen molar-refractivity contribution in [1.82, 2.24) is 15.3 Å². The van der Waals surface area contributed by atoms with Crippen molar-refractivity contribution in [3.8, 4) is 11.6 Å². The molecule has 5 heteroatoms. The Kier molecular flexibility index (Phi) is 5.83. The first-order valence-electron chi connectivity index (χ1n) is 6.65. The zero-order valence-electron chi connectivity index (χ0n) is 11.8. The van der Waals surface area contributed by atoms with Crippen molar-refractivity contribution in [2.45, 2.75) is 24.8 Å². The molecule has 0 radical (unpaired) electrons. The van der Waals surface area contributed by atoms with Crippen LogP contribution < -0.4 is 10.1 Å². The van der Waals surface area contributed by atoms with Gasteiger partial charge in [0.2, 0.25) is 5.88 Å². The summed E-state index contributed by atoms with van der Waals surface area (Å²) in [5.74, 6) is 1.29. The minimum Gasteiger partial charge on any atom is -0.438 e. The van der Waals surface area contributed by atoms with Gasteiger partial charge in [-0.25, -0.2) is 4.98 Å². The first-order chi connectivity index (χ1) is 9.81. The summed E-state index contributed by atoms with van der Waals surface area (Å²) in [4.78, 5) is 9.80. The van der Waals surface area contributed by atoms with Crippen LogP contribution in [-0.4, -0.2) is 22.8 Å². The highest BCUT2D eigenvalue weighted by Crippen LogP contribution is 2.22. The van der Waals surface area contributed by atoms with E-state index < -0.39 is 0 Å². The first-order valence-corrected chi connectivity index (χ1v) is 7.88. The Morgan fingerprint density at radius 1 is 1.15 bits per heavy atom. The number of benzene rings is 1. The summed E-state index contributed by atoms with van der Waals surface area (Å²) in [7, 11) is 0. The third kappa shape index (κ3) is 4.51. The number of nitrogens with one attached hydrogen (secondary N) is 1. The Morgan fingerprint density at radius 3 is 2.55 bits per heavy atom. The van der Waals surface area contributed by atoms with Crippen LogP contribution in [0.3, 0.4) is 0 Å². The Hall–Kier alpha value is -1.59. The van der Waals surface area contributed by atoms with Crippen LogP contribution in [0.1, 0.15) is 19.0 Å². The molecule has 0 fully saturated rings. The molecule has 1 aromatic heterocycles. The van der Waals surface area contributed by atoms with E-state index in [0.717, 1.165) is 31.0 Å². The van der Waals surface area contributed by atoms with Gasteiger partial charge in [0, 0.05) is 11.4 Å². The summed E-state index contributed by atoms with van der Waals surface area (Å²) in [5.41, 5.74) is 0.920. The number of ether oxygens (including phenoxy) is 1. The maximum absolute atomic E-state index is 5.66. The number of aromatic nitrogens is 2. The Morgan fingerprint density at radius 2 is 1.95 bits per heavy atom. The van der Waals surface area contributed by atoms with Crippen molar-refractivity contribution in [2.75, 3.05) is 12.8 Å². The third-order valence-corrected chi connectivity index (χ3v) is 3.44. The smallest absolute Gasteiger partial charge is 0.237 e. The van der Waals surface area contributed by atoms with Crippen LogP contribution in [-0.2, 0) is 6.54 Å². The lowest BCUT2D eigenvalue weighted by Crippen LogP contribution is -2.14. The van der Waals surface area contributed by atoms with E-state index in [4.69, 9.17) is 4.74 Å². The normalized spacial score (nSPS) is 10.5. The molecule has 0 amide bonds. The van der Waals surface area contributed by atoms with Gasteiger partial charge in [0.15, 0.2) is 0 Å². The molecule has 0 aliphatic rings. The van der Waals surface area contributed by atoms with Crippen molar-refractivity contribution in [2.24, 2.45) is 0 Å². The van der Waals surface area contributed by atoms with Gasteiger partial charge < -0.3 is 10.1 Å². The van der Waals surface area contributed by atoms with E-state index in [0.29, 0.717) is 5.88 Å². The van der Waals surface area contributed by atoms with Crippen LogP contribution in [0.15, 0.2) is 41.6 Å². The summed E-state index contributed by atoms with van der Waals surface area (Å²) in [5, 5.41) is 3.29. The molecule has 2 rings (SSSR count). The molecule has 20 heavy (non-hydrogen) atoms. The maximum atomic E-state index is 5.66. The third-order valence-electron chi connectivity index (χ3n) is 2.70. The minimum atomic E-state index is 0.515. The van der Waals surface area contributed by atoms with E-state index in [-0.39, 0.29) is 0 Å². The van der Waals surface area contributed by atoms with Crippen LogP contribution in [0.4, 0.5) is 0 Å². The van der Waals surface area contributed by atoms with Gasteiger partial charge in [-0.2, -0.15) is 0 Å². The quantitative estimate of drug-likeness (QED) is 0.624. The molecule has 1 heterocycles. The Bertz CT molecular complexity index is 514. The molecule has 106 valence electrons. The van der Waals surface area contributed by atoms with Gasteiger partial charge in [-0.05, 0) is 43.5 Å². The topological polar surface area (TPSA) is 47.0 Å². The second kappa shape index (κ2) is 7.87. The van der Waals surface area contributed by atoms with Gasteiger partial charge in [0.05, 0.1) is 18.1 Å². The summed E-state index contributed by atoms with van der Waals surface area (Å²) >= 11 is 1.70. The van der Waals surface area contributed by atoms with Gasteiger partial charge in [0.25, 0.3) is 0 Å². The fraction of sp³-hybridized carbons (Fsp3) is 0.333. The van der Waals surface area contributed by atoms with Gasteiger partial charge in [-0.1, -0.05) is 6.92 Å². The fourth-order valence-corrected chi connectivity index (χ4v) is 2.05. The lowest BCUT2D eigenvalue weighted by atomic mass is 10.3. The van der Waals surface area contributed by atoms with Crippen molar-refractivity contribution in [3.05, 3.63) is 42.4 Å². The highest BCUT2D eigenvalue weighted by Gasteiger charge is 2.01. The highest BCUT2D eigenvalue weighted by molar-refractivity contribution is 7.98. The van der Waals surface area contributed by atoms with Gasteiger partial charge in [-0.15, -0.1) is 11.8 Å². The zero-order chi connectivity index (χ0) is 14.2. The fourth-order valence-electron chi connectivity index (χ4n) is 1.64. The molecular weight excluding hydrogens is 270 g/mol. The van der Waals surface area contributed by atoms with E-state index in [9.17, 15) is 0 Å². The van der Waals surface area contributed by atoms with Crippen molar-refractivity contribution >= 4 is 11.8 Å².